The Kier molecular flexibility index (Phi) is 5.83. The van der Waals surface area contributed by atoms with Gasteiger partial charge in [0.05, 0.1) is 7.11 Å². The van der Waals surface area contributed by atoms with Gasteiger partial charge in [0.25, 0.3) is 5.91 Å². The Hall–Kier alpha value is -2.97. The SMILES string of the molecule is CCCCC(NC(=O)c1ccc(OC)c(-n2cnnn2)c1)C(=O)O. The van der Waals surface area contributed by atoms with Crippen molar-refractivity contribution in [1.29, 1.82) is 0 Å². The molecule has 0 aliphatic rings. The maximum absolute atomic E-state index is 12.4. The molecule has 0 aliphatic heterocycles. The fraction of sp³-hybridized carbons (Fsp3) is 0.400. The molecule has 24 heavy (non-hydrogen) atoms. The molecule has 0 aliphatic carbocycles. The molecule has 1 amide bonds. The second-order valence-electron chi connectivity index (χ2n) is 5.15. The van der Waals surface area contributed by atoms with Crippen LogP contribution in [-0.2, 0) is 4.79 Å². The van der Waals surface area contributed by atoms with Gasteiger partial charge >= 0.3 is 5.97 Å². The molecule has 9 nitrogen and oxygen atoms in total. The zero-order valence-corrected chi connectivity index (χ0v) is 13.5. The smallest absolute Gasteiger partial charge is 0.326 e. The molecule has 1 heterocycles. The quantitative estimate of drug-likeness (QED) is 0.740. The van der Waals surface area contributed by atoms with Gasteiger partial charge in [-0.15, -0.1) is 5.10 Å². The van der Waals surface area contributed by atoms with Crippen LogP contribution in [0.2, 0.25) is 0 Å². The van der Waals surface area contributed by atoms with Crippen molar-refractivity contribution in [2.45, 2.75) is 32.2 Å². The Morgan fingerprint density at radius 3 is 2.79 bits per heavy atom. The third-order valence-electron chi connectivity index (χ3n) is 3.49. The summed E-state index contributed by atoms with van der Waals surface area (Å²) in [6, 6.07) is 3.79. The van der Waals surface area contributed by atoms with Gasteiger partial charge in [0.1, 0.15) is 23.8 Å². The van der Waals surface area contributed by atoms with E-state index in [0.29, 0.717) is 23.4 Å². The number of nitrogens with one attached hydrogen (secondary N) is 1. The van der Waals surface area contributed by atoms with Crippen molar-refractivity contribution in [3.63, 3.8) is 0 Å². The van der Waals surface area contributed by atoms with Crippen LogP contribution in [-0.4, -0.2) is 50.3 Å². The number of carboxylic acid groups (broad SMARTS) is 1. The molecule has 1 aromatic carbocycles. The molecule has 1 atom stereocenters. The third-order valence-corrected chi connectivity index (χ3v) is 3.49. The van der Waals surface area contributed by atoms with E-state index in [1.54, 1.807) is 18.2 Å². The molecular formula is C15H19N5O4. The standard InChI is InChI=1S/C15H19N5O4/c1-3-4-5-11(15(22)23)17-14(21)10-6-7-13(24-2)12(8-10)20-9-16-18-19-20/h6-9,11H,3-5H2,1-2H3,(H,17,21)(H,22,23). The maximum atomic E-state index is 12.4. The number of unbranched alkanes of at least 4 members (excludes halogenated alkanes) is 1. The zero-order chi connectivity index (χ0) is 17.5. The van der Waals surface area contributed by atoms with E-state index in [0.717, 1.165) is 12.8 Å². The largest absolute Gasteiger partial charge is 0.494 e. The van der Waals surface area contributed by atoms with Gasteiger partial charge in [-0.2, -0.15) is 4.68 Å². The number of carboxylic acids is 1. The first kappa shape index (κ1) is 17.4. The number of carbonyl (C=O) groups is 2. The fourth-order valence-electron chi connectivity index (χ4n) is 2.19. The van der Waals surface area contributed by atoms with Gasteiger partial charge in [-0.05, 0) is 35.0 Å². The van der Waals surface area contributed by atoms with Crippen molar-refractivity contribution >= 4 is 11.9 Å². The average Bonchev–Trinajstić information content (AvgIpc) is 3.11. The molecule has 2 N–H and O–H groups in total. The molecule has 1 aromatic heterocycles. The molecule has 0 spiro atoms. The summed E-state index contributed by atoms with van der Waals surface area (Å²) in [5.74, 6) is -1.04. The summed E-state index contributed by atoms with van der Waals surface area (Å²) in [4.78, 5) is 23.6. The molecule has 1 unspecified atom stereocenters. The van der Waals surface area contributed by atoms with Crippen molar-refractivity contribution in [2.75, 3.05) is 7.11 Å². The number of carbonyl (C=O) groups excluding carboxylic acids is 1. The molecule has 9 heteroatoms. The van der Waals surface area contributed by atoms with Gasteiger partial charge in [-0.25, -0.2) is 4.79 Å². The Balaban J connectivity index is 2.23. The van der Waals surface area contributed by atoms with E-state index in [4.69, 9.17) is 4.74 Å². The lowest BCUT2D eigenvalue weighted by Crippen LogP contribution is -2.40. The third kappa shape index (κ3) is 4.06. The van der Waals surface area contributed by atoms with Crippen LogP contribution < -0.4 is 10.1 Å². The van der Waals surface area contributed by atoms with Crippen LogP contribution in [0.15, 0.2) is 24.5 Å². The highest BCUT2D eigenvalue weighted by molar-refractivity contribution is 5.97. The zero-order valence-electron chi connectivity index (χ0n) is 13.5. The highest BCUT2D eigenvalue weighted by Crippen LogP contribution is 2.23. The van der Waals surface area contributed by atoms with E-state index < -0.39 is 17.9 Å². The Morgan fingerprint density at radius 2 is 2.21 bits per heavy atom. The summed E-state index contributed by atoms with van der Waals surface area (Å²) in [5, 5.41) is 22.6. The second-order valence-corrected chi connectivity index (χ2v) is 5.15. The summed E-state index contributed by atoms with van der Waals surface area (Å²) >= 11 is 0. The summed E-state index contributed by atoms with van der Waals surface area (Å²) in [5.41, 5.74) is 0.777. The van der Waals surface area contributed by atoms with E-state index in [-0.39, 0.29) is 0 Å². The van der Waals surface area contributed by atoms with Crippen LogP contribution in [0, 0.1) is 0 Å². The lowest BCUT2D eigenvalue weighted by molar-refractivity contribution is -0.139. The van der Waals surface area contributed by atoms with Crippen LogP contribution in [0.4, 0.5) is 0 Å². The molecule has 0 saturated heterocycles. The van der Waals surface area contributed by atoms with Crippen molar-refractivity contribution in [3.8, 4) is 11.4 Å². The number of methoxy groups -OCH3 is 1. The molecule has 0 saturated carbocycles. The number of tetrazole rings is 1. The fourth-order valence-corrected chi connectivity index (χ4v) is 2.19. The topological polar surface area (TPSA) is 119 Å². The summed E-state index contributed by atoms with van der Waals surface area (Å²) < 4.78 is 6.60. The van der Waals surface area contributed by atoms with Gasteiger partial charge in [0.15, 0.2) is 0 Å². The van der Waals surface area contributed by atoms with E-state index in [1.807, 2.05) is 6.92 Å². The molecule has 0 fully saturated rings. The number of benzene rings is 1. The van der Waals surface area contributed by atoms with Gasteiger partial charge in [-0.3, -0.25) is 4.79 Å². The Morgan fingerprint density at radius 1 is 1.42 bits per heavy atom. The van der Waals surface area contributed by atoms with E-state index in [2.05, 4.69) is 20.8 Å². The van der Waals surface area contributed by atoms with Crippen molar-refractivity contribution in [3.05, 3.63) is 30.1 Å². The number of aliphatic carboxylic acids is 1. The number of aromatic nitrogens is 4. The number of hydrogen-bond acceptors (Lipinski definition) is 6. The Labute approximate surface area is 138 Å². The molecule has 128 valence electrons. The highest BCUT2D eigenvalue weighted by Gasteiger charge is 2.21. The number of ether oxygens (including phenoxy) is 1. The van der Waals surface area contributed by atoms with Gasteiger partial charge in [-0.1, -0.05) is 19.8 Å². The first-order valence-corrected chi connectivity index (χ1v) is 7.51. The van der Waals surface area contributed by atoms with Crippen LogP contribution in [0.3, 0.4) is 0 Å². The average molecular weight is 333 g/mol. The maximum Gasteiger partial charge on any atom is 0.326 e. The summed E-state index contributed by atoms with van der Waals surface area (Å²) in [6.45, 7) is 1.96. The lowest BCUT2D eigenvalue weighted by atomic mass is 10.1. The summed E-state index contributed by atoms with van der Waals surface area (Å²) in [7, 11) is 1.49. The van der Waals surface area contributed by atoms with Gasteiger partial charge < -0.3 is 15.2 Å². The molecule has 2 aromatic rings. The van der Waals surface area contributed by atoms with Crippen molar-refractivity contribution in [2.24, 2.45) is 0 Å². The number of rotatable bonds is 8. The molecule has 0 radical (unpaired) electrons. The van der Waals surface area contributed by atoms with E-state index >= 15 is 0 Å². The van der Waals surface area contributed by atoms with E-state index in [9.17, 15) is 14.7 Å². The number of hydrogen-bond donors (Lipinski definition) is 2. The van der Waals surface area contributed by atoms with E-state index in [1.165, 1.54) is 18.1 Å². The predicted molar refractivity (Wildman–Crippen MR) is 84.1 cm³/mol. The minimum Gasteiger partial charge on any atom is -0.494 e. The predicted octanol–water partition coefficient (Wildman–Crippen LogP) is 1.04. The van der Waals surface area contributed by atoms with Gasteiger partial charge in [0.2, 0.25) is 0 Å². The van der Waals surface area contributed by atoms with Gasteiger partial charge in [0, 0.05) is 5.56 Å². The first-order valence-electron chi connectivity index (χ1n) is 7.51. The van der Waals surface area contributed by atoms with Crippen LogP contribution in [0.1, 0.15) is 36.5 Å². The normalized spacial score (nSPS) is 11.8. The lowest BCUT2D eigenvalue weighted by Gasteiger charge is -2.15. The Bertz CT molecular complexity index is 702. The minimum atomic E-state index is -1.05. The van der Waals surface area contributed by atoms with Crippen molar-refractivity contribution in [1.82, 2.24) is 25.5 Å². The monoisotopic (exact) mass is 333 g/mol. The first-order chi connectivity index (χ1) is 11.6. The molecule has 0 bridgehead atoms. The van der Waals surface area contributed by atoms with Crippen LogP contribution in [0.5, 0.6) is 5.75 Å². The second kappa shape index (κ2) is 8.04. The minimum absolute atomic E-state index is 0.295. The molecule has 2 rings (SSSR count). The van der Waals surface area contributed by atoms with Crippen LogP contribution >= 0.6 is 0 Å². The van der Waals surface area contributed by atoms with Crippen LogP contribution in [0.25, 0.3) is 5.69 Å². The highest BCUT2D eigenvalue weighted by atomic mass is 16.5. The summed E-state index contributed by atoms with van der Waals surface area (Å²) in [6.07, 6.45) is 3.33. The number of amides is 1. The van der Waals surface area contributed by atoms with Crippen molar-refractivity contribution < 1.29 is 19.4 Å². The molecular weight excluding hydrogens is 314 g/mol. The number of nitrogens with zero attached hydrogens (tertiary/aromatic N) is 4.